The average Bonchev–Trinajstić information content (AvgIpc) is 2.70. The van der Waals surface area contributed by atoms with Crippen LogP contribution in [0.5, 0.6) is 0 Å². The van der Waals surface area contributed by atoms with Crippen molar-refractivity contribution in [3.8, 4) is 0 Å². The number of aromatic nitrogens is 2. The molecule has 0 aromatic carbocycles. The van der Waals surface area contributed by atoms with E-state index in [0.717, 1.165) is 13.1 Å². The Morgan fingerprint density at radius 2 is 2.17 bits per heavy atom. The molecule has 1 aromatic rings. The van der Waals surface area contributed by atoms with Crippen LogP contribution in [0.3, 0.4) is 0 Å². The van der Waals surface area contributed by atoms with Crippen LogP contribution in [0.15, 0.2) is 12.4 Å². The Bertz CT molecular complexity index is 348. The molecule has 2 rings (SSSR count). The summed E-state index contributed by atoms with van der Waals surface area (Å²) >= 11 is 0. The van der Waals surface area contributed by atoms with Gasteiger partial charge in [-0.15, -0.1) is 0 Å². The Morgan fingerprint density at radius 3 is 2.94 bits per heavy atom. The summed E-state index contributed by atoms with van der Waals surface area (Å²) in [7, 11) is 0. The molecule has 18 heavy (non-hydrogen) atoms. The van der Waals surface area contributed by atoms with Crippen LogP contribution in [-0.2, 0) is 12.1 Å². The molecule has 1 aromatic heterocycles. The summed E-state index contributed by atoms with van der Waals surface area (Å²) < 4.78 is 2.36. The largest absolute Gasteiger partial charge is 0.333 e. The Labute approximate surface area is 111 Å². The molecule has 1 N–H and O–H groups in total. The van der Waals surface area contributed by atoms with Crippen LogP contribution in [0.1, 0.15) is 64.6 Å². The molecule has 0 spiro atoms. The predicted molar refractivity (Wildman–Crippen MR) is 75.6 cm³/mol. The van der Waals surface area contributed by atoms with Crippen molar-refractivity contribution in [2.45, 2.75) is 70.9 Å². The van der Waals surface area contributed by atoms with Crippen molar-refractivity contribution >= 4 is 0 Å². The van der Waals surface area contributed by atoms with Crippen molar-refractivity contribution in [2.24, 2.45) is 0 Å². The fourth-order valence-electron chi connectivity index (χ4n) is 3.24. The lowest BCUT2D eigenvalue weighted by molar-refractivity contribution is 0.269. The van der Waals surface area contributed by atoms with Crippen LogP contribution in [0, 0.1) is 0 Å². The van der Waals surface area contributed by atoms with Crippen molar-refractivity contribution in [2.75, 3.05) is 6.54 Å². The van der Waals surface area contributed by atoms with Gasteiger partial charge >= 0.3 is 0 Å². The van der Waals surface area contributed by atoms with Gasteiger partial charge in [0.05, 0.1) is 5.54 Å². The van der Waals surface area contributed by atoms with E-state index in [-0.39, 0.29) is 5.54 Å². The maximum Gasteiger partial charge on any atom is 0.129 e. The van der Waals surface area contributed by atoms with Gasteiger partial charge in [0.2, 0.25) is 0 Å². The van der Waals surface area contributed by atoms with Gasteiger partial charge in [-0.2, -0.15) is 0 Å². The topological polar surface area (TPSA) is 29.9 Å². The van der Waals surface area contributed by atoms with Gasteiger partial charge in [0.15, 0.2) is 0 Å². The minimum Gasteiger partial charge on any atom is -0.333 e. The van der Waals surface area contributed by atoms with Gasteiger partial charge in [0.1, 0.15) is 5.82 Å². The summed E-state index contributed by atoms with van der Waals surface area (Å²) in [6.45, 7) is 6.74. The highest BCUT2D eigenvalue weighted by Crippen LogP contribution is 2.33. The van der Waals surface area contributed by atoms with E-state index in [0.29, 0.717) is 0 Å². The van der Waals surface area contributed by atoms with Gasteiger partial charge in [-0.3, -0.25) is 0 Å². The van der Waals surface area contributed by atoms with Crippen LogP contribution in [0.25, 0.3) is 0 Å². The molecule has 2 heterocycles. The highest BCUT2D eigenvalue weighted by atomic mass is 15.1. The molecular weight excluding hydrogens is 222 g/mol. The number of hydrogen-bond donors (Lipinski definition) is 1. The van der Waals surface area contributed by atoms with Crippen molar-refractivity contribution in [1.82, 2.24) is 14.9 Å². The molecule has 0 radical (unpaired) electrons. The maximum absolute atomic E-state index is 4.69. The minimum atomic E-state index is 0.129. The third-order valence-corrected chi connectivity index (χ3v) is 4.03. The van der Waals surface area contributed by atoms with E-state index in [1.165, 1.54) is 50.8 Å². The number of hydrogen-bond acceptors (Lipinski definition) is 2. The summed E-state index contributed by atoms with van der Waals surface area (Å²) in [6, 6.07) is 0. The maximum atomic E-state index is 4.69. The molecule has 3 heteroatoms. The van der Waals surface area contributed by atoms with Crippen LogP contribution in [0.4, 0.5) is 0 Å². The summed E-state index contributed by atoms with van der Waals surface area (Å²) in [5.41, 5.74) is 0.129. The molecule has 3 nitrogen and oxygen atoms in total. The van der Waals surface area contributed by atoms with Gasteiger partial charge in [0.25, 0.3) is 0 Å². The first-order valence-corrected chi connectivity index (χ1v) is 7.59. The monoisotopic (exact) mass is 249 g/mol. The molecule has 1 fully saturated rings. The van der Waals surface area contributed by atoms with E-state index in [1.807, 2.05) is 6.20 Å². The zero-order valence-electron chi connectivity index (χ0n) is 11.9. The molecule has 0 bridgehead atoms. The number of imidazole rings is 1. The van der Waals surface area contributed by atoms with Crippen molar-refractivity contribution in [3.63, 3.8) is 0 Å². The summed E-state index contributed by atoms with van der Waals surface area (Å²) in [5.74, 6) is 1.27. The van der Waals surface area contributed by atoms with E-state index < -0.39 is 0 Å². The number of nitrogens with one attached hydrogen (secondary N) is 1. The standard InChI is InChI=1S/C15H27N3/c1-3-8-15(9-6-5-7-10-17-15)14-16-11-13-18(14)12-4-2/h11,13,17H,3-10,12H2,1-2H3. The zero-order valence-corrected chi connectivity index (χ0v) is 11.9. The SMILES string of the molecule is CCCn1ccnc1C1(CCC)CCCCCN1. The lowest BCUT2D eigenvalue weighted by Gasteiger charge is -2.33. The molecular formula is C15H27N3. The summed E-state index contributed by atoms with van der Waals surface area (Å²) in [4.78, 5) is 4.69. The Morgan fingerprint density at radius 1 is 1.28 bits per heavy atom. The van der Waals surface area contributed by atoms with Gasteiger partial charge in [-0.05, 0) is 32.2 Å². The highest BCUT2D eigenvalue weighted by Gasteiger charge is 2.35. The molecule has 102 valence electrons. The molecule has 1 atom stereocenters. The molecule has 0 amide bonds. The fourth-order valence-corrected chi connectivity index (χ4v) is 3.24. The van der Waals surface area contributed by atoms with Crippen LogP contribution < -0.4 is 5.32 Å². The lowest BCUT2D eigenvalue weighted by atomic mass is 9.87. The number of aryl methyl sites for hydroxylation is 1. The Hall–Kier alpha value is -0.830. The smallest absolute Gasteiger partial charge is 0.129 e. The molecule has 1 saturated heterocycles. The summed E-state index contributed by atoms with van der Waals surface area (Å²) in [6.07, 6.45) is 12.9. The molecule has 0 aliphatic carbocycles. The van der Waals surface area contributed by atoms with E-state index in [4.69, 9.17) is 4.98 Å². The predicted octanol–water partition coefficient (Wildman–Crippen LogP) is 3.45. The van der Waals surface area contributed by atoms with Crippen molar-refractivity contribution in [3.05, 3.63) is 18.2 Å². The first-order valence-electron chi connectivity index (χ1n) is 7.59. The molecule has 0 saturated carbocycles. The second-order valence-corrected chi connectivity index (χ2v) is 5.51. The van der Waals surface area contributed by atoms with Gasteiger partial charge in [-0.25, -0.2) is 4.98 Å². The summed E-state index contributed by atoms with van der Waals surface area (Å²) in [5, 5.41) is 3.81. The fraction of sp³-hybridized carbons (Fsp3) is 0.800. The normalized spacial score (nSPS) is 25.0. The van der Waals surface area contributed by atoms with E-state index >= 15 is 0 Å². The minimum absolute atomic E-state index is 0.129. The van der Waals surface area contributed by atoms with E-state index in [9.17, 15) is 0 Å². The highest BCUT2D eigenvalue weighted by molar-refractivity contribution is 5.10. The van der Waals surface area contributed by atoms with Crippen LogP contribution in [-0.4, -0.2) is 16.1 Å². The molecule has 1 aliphatic heterocycles. The number of nitrogens with zero attached hydrogens (tertiary/aromatic N) is 2. The molecule has 1 aliphatic rings. The van der Waals surface area contributed by atoms with Gasteiger partial charge < -0.3 is 9.88 Å². The van der Waals surface area contributed by atoms with Crippen LogP contribution in [0.2, 0.25) is 0 Å². The second-order valence-electron chi connectivity index (χ2n) is 5.51. The first kappa shape index (κ1) is 13.6. The van der Waals surface area contributed by atoms with Gasteiger partial charge in [0, 0.05) is 18.9 Å². The van der Waals surface area contributed by atoms with Crippen molar-refractivity contribution < 1.29 is 0 Å². The molecule has 1 unspecified atom stereocenters. The Kier molecular flexibility index (Phi) is 4.81. The first-order chi connectivity index (χ1) is 8.82. The van der Waals surface area contributed by atoms with Crippen molar-refractivity contribution in [1.29, 1.82) is 0 Å². The second kappa shape index (κ2) is 6.37. The third kappa shape index (κ3) is 2.77. The van der Waals surface area contributed by atoms with Gasteiger partial charge in [-0.1, -0.05) is 33.1 Å². The zero-order chi connectivity index (χ0) is 12.8. The third-order valence-electron chi connectivity index (χ3n) is 4.03. The number of rotatable bonds is 5. The van der Waals surface area contributed by atoms with Crippen LogP contribution >= 0.6 is 0 Å². The van der Waals surface area contributed by atoms with E-state index in [2.05, 4.69) is 29.9 Å². The lowest BCUT2D eigenvalue weighted by Crippen LogP contribution is -2.44. The average molecular weight is 249 g/mol. The van der Waals surface area contributed by atoms with E-state index in [1.54, 1.807) is 0 Å². The quantitative estimate of drug-likeness (QED) is 0.866. The Balaban J connectivity index is 2.29.